The normalized spacial score (nSPS) is 34.2. The lowest BCUT2D eigenvalue weighted by Gasteiger charge is -2.56. The Kier molecular flexibility index (Phi) is 6.28. The van der Waals surface area contributed by atoms with Crippen LogP contribution >= 0.6 is 0 Å². The van der Waals surface area contributed by atoms with E-state index in [1.807, 2.05) is 0 Å². The first kappa shape index (κ1) is 23.7. The summed E-state index contributed by atoms with van der Waals surface area (Å²) in [4.78, 5) is 24.9. The van der Waals surface area contributed by atoms with Gasteiger partial charge in [-0.2, -0.15) is 8.42 Å². The molecule has 0 unspecified atom stereocenters. The Morgan fingerprint density at radius 1 is 1.23 bits per heavy atom. The molecule has 0 aromatic heterocycles. The van der Waals surface area contributed by atoms with Gasteiger partial charge >= 0.3 is 0 Å². The molecule has 0 aromatic rings. The zero-order valence-corrected chi connectivity index (χ0v) is 19.5. The fourth-order valence-corrected chi connectivity index (χ4v) is 6.08. The summed E-state index contributed by atoms with van der Waals surface area (Å²) in [6, 6.07) is 0. The molecule has 0 saturated heterocycles. The van der Waals surface area contributed by atoms with Crippen molar-refractivity contribution >= 4 is 21.7 Å². The first-order valence-corrected chi connectivity index (χ1v) is 12.5. The molecule has 0 spiro atoms. The van der Waals surface area contributed by atoms with Gasteiger partial charge in [0, 0.05) is 18.2 Å². The molecule has 7 nitrogen and oxygen atoms in total. The second-order valence-corrected chi connectivity index (χ2v) is 11.5. The van der Waals surface area contributed by atoms with Gasteiger partial charge < -0.3 is 10.4 Å². The van der Waals surface area contributed by atoms with Crippen LogP contribution in [0, 0.1) is 22.7 Å². The smallest absolute Gasteiger partial charge is 0.266 e. The lowest BCUT2D eigenvalue weighted by Crippen LogP contribution is -2.48. The topological polar surface area (TPSA) is 121 Å². The Hall–Kier alpha value is -1.93. The highest BCUT2D eigenvalue weighted by molar-refractivity contribution is 7.85. The van der Waals surface area contributed by atoms with Crippen LogP contribution in [0.25, 0.3) is 0 Å². The van der Waals surface area contributed by atoms with Gasteiger partial charge in [-0.3, -0.25) is 14.1 Å². The minimum Gasteiger partial charge on any atom is -0.505 e. The van der Waals surface area contributed by atoms with Crippen LogP contribution in [0.15, 0.2) is 34.8 Å². The maximum Gasteiger partial charge on any atom is 0.266 e. The van der Waals surface area contributed by atoms with E-state index in [4.69, 9.17) is 4.55 Å². The van der Waals surface area contributed by atoms with Crippen molar-refractivity contribution in [1.82, 2.24) is 5.32 Å². The van der Waals surface area contributed by atoms with Crippen LogP contribution in [0.2, 0.25) is 0 Å². The number of carbonyl (C=O) groups excluding carboxylic acids is 2. The lowest BCUT2D eigenvalue weighted by molar-refractivity contribution is -0.132. The first-order valence-electron chi connectivity index (χ1n) is 10.9. The molecule has 8 heteroatoms. The van der Waals surface area contributed by atoms with Crippen molar-refractivity contribution in [3.63, 3.8) is 0 Å². The molecule has 3 aliphatic carbocycles. The third kappa shape index (κ3) is 4.51. The molecule has 3 aliphatic rings. The van der Waals surface area contributed by atoms with Gasteiger partial charge in [0.1, 0.15) is 5.76 Å². The van der Waals surface area contributed by atoms with Gasteiger partial charge in [-0.15, -0.1) is 0 Å². The highest BCUT2D eigenvalue weighted by atomic mass is 32.2. The summed E-state index contributed by atoms with van der Waals surface area (Å²) in [5, 5.41) is 13.4. The standard InChI is InChI=1S/C23H33NO6S/c1-14-6-5-7-17-15(2)22(3,8-9-23(14,17)4)13-16-20(26)18(12-19(25)21(16)27)24-10-11-31(28,29)30/h6,12,15,17,24,26H,5,7-11,13H2,1-4H3,(H,28,29,30)/t15-,17+,22-,23-/m1/s1. The summed E-state index contributed by atoms with van der Waals surface area (Å²) in [6.45, 7) is 8.68. The van der Waals surface area contributed by atoms with Crippen LogP contribution in [0.1, 0.15) is 59.8 Å². The van der Waals surface area contributed by atoms with Crippen LogP contribution in [0.4, 0.5) is 0 Å². The van der Waals surface area contributed by atoms with Gasteiger partial charge in [0.25, 0.3) is 10.1 Å². The minimum atomic E-state index is -4.19. The second-order valence-electron chi connectivity index (χ2n) is 9.90. The predicted molar refractivity (Wildman–Crippen MR) is 118 cm³/mol. The van der Waals surface area contributed by atoms with Crippen molar-refractivity contribution in [2.75, 3.05) is 12.3 Å². The van der Waals surface area contributed by atoms with E-state index in [2.05, 4.69) is 39.1 Å². The number of carbonyl (C=O) groups is 2. The SMILES string of the molecule is CC1=CCC[C@H]2[C@@H](C)[C@@](C)(CC3=C(O)C(NCCS(=O)(=O)O)=CC(=O)C3=O)CC[C@]12C. The minimum absolute atomic E-state index is 0.0246. The number of aliphatic hydroxyl groups is 1. The van der Waals surface area contributed by atoms with Crippen LogP contribution in [-0.2, 0) is 19.7 Å². The van der Waals surface area contributed by atoms with Crippen molar-refractivity contribution < 1.29 is 27.7 Å². The molecular weight excluding hydrogens is 418 g/mol. The van der Waals surface area contributed by atoms with Gasteiger partial charge in [-0.1, -0.05) is 32.4 Å². The second kappa shape index (κ2) is 8.20. The van der Waals surface area contributed by atoms with Gasteiger partial charge in [0.15, 0.2) is 0 Å². The fourth-order valence-electron chi connectivity index (χ4n) is 5.72. The molecule has 1 saturated carbocycles. The van der Waals surface area contributed by atoms with Crippen molar-refractivity contribution in [1.29, 1.82) is 0 Å². The van der Waals surface area contributed by atoms with E-state index >= 15 is 0 Å². The number of nitrogens with one attached hydrogen (secondary N) is 1. The van der Waals surface area contributed by atoms with Crippen molar-refractivity contribution in [3.05, 3.63) is 34.8 Å². The van der Waals surface area contributed by atoms with Crippen molar-refractivity contribution in [2.24, 2.45) is 22.7 Å². The van der Waals surface area contributed by atoms with E-state index in [1.54, 1.807) is 0 Å². The van der Waals surface area contributed by atoms with Gasteiger partial charge in [0.05, 0.1) is 11.4 Å². The number of ketones is 2. The number of rotatable bonds is 6. The highest BCUT2D eigenvalue weighted by Gasteiger charge is 2.51. The van der Waals surface area contributed by atoms with E-state index in [1.165, 1.54) is 5.57 Å². The van der Waals surface area contributed by atoms with Crippen molar-refractivity contribution in [3.8, 4) is 0 Å². The molecule has 31 heavy (non-hydrogen) atoms. The average molecular weight is 452 g/mol. The molecule has 3 N–H and O–H groups in total. The monoisotopic (exact) mass is 451 g/mol. The summed E-state index contributed by atoms with van der Waals surface area (Å²) < 4.78 is 30.8. The Morgan fingerprint density at radius 3 is 2.55 bits per heavy atom. The lowest BCUT2D eigenvalue weighted by atomic mass is 9.49. The third-order valence-corrected chi connectivity index (χ3v) is 8.86. The van der Waals surface area contributed by atoms with Gasteiger partial charge in [0.2, 0.25) is 11.6 Å². The summed E-state index contributed by atoms with van der Waals surface area (Å²) in [5.74, 6) is -1.57. The third-order valence-electron chi connectivity index (χ3n) is 8.14. The average Bonchev–Trinajstić information content (AvgIpc) is 2.67. The number of allylic oxidation sites excluding steroid dienone is 4. The molecule has 0 aliphatic heterocycles. The molecule has 0 bridgehead atoms. The Balaban J connectivity index is 1.85. The molecule has 1 fully saturated rings. The maximum atomic E-state index is 12.6. The Labute approximate surface area is 184 Å². The number of aliphatic hydroxyl groups excluding tert-OH is 1. The quantitative estimate of drug-likeness (QED) is 0.245. The van der Waals surface area contributed by atoms with Crippen LogP contribution in [0.3, 0.4) is 0 Å². The number of Topliss-reactive ketones (excluding diaryl/α,β-unsaturated/α-hetero) is 1. The van der Waals surface area contributed by atoms with E-state index in [9.17, 15) is 23.1 Å². The van der Waals surface area contributed by atoms with E-state index in [0.717, 1.165) is 31.8 Å². The van der Waals surface area contributed by atoms with E-state index in [-0.39, 0.29) is 40.8 Å². The first-order chi connectivity index (χ1) is 14.3. The van der Waals surface area contributed by atoms with Crippen LogP contribution < -0.4 is 5.32 Å². The molecule has 0 aromatic carbocycles. The summed E-state index contributed by atoms with van der Waals surface area (Å²) in [5.41, 5.74) is 1.43. The molecule has 0 heterocycles. The molecule has 0 radical (unpaired) electrons. The summed E-state index contributed by atoms with van der Waals surface area (Å²) >= 11 is 0. The highest BCUT2D eigenvalue weighted by Crippen LogP contribution is 2.60. The van der Waals surface area contributed by atoms with Crippen LogP contribution in [-0.4, -0.2) is 41.9 Å². The van der Waals surface area contributed by atoms with Crippen molar-refractivity contribution in [2.45, 2.75) is 59.8 Å². The molecular formula is C23H33NO6S. The Morgan fingerprint density at radius 2 is 1.90 bits per heavy atom. The maximum absolute atomic E-state index is 12.6. The number of fused-ring (bicyclic) bond motifs is 1. The molecule has 4 atom stereocenters. The van der Waals surface area contributed by atoms with E-state index < -0.39 is 27.4 Å². The summed E-state index contributed by atoms with van der Waals surface area (Å²) in [7, 11) is -4.19. The fraction of sp³-hybridized carbons (Fsp3) is 0.652. The number of hydrogen-bond donors (Lipinski definition) is 3. The van der Waals surface area contributed by atoms with Gasteiger partial charge in [-0.05, 0) is 61.7 Å². The van der Waals surface area contributed by atoms with Crippen LogP contribution in [0.5, 0.6) is 0 Å². The van der Waals surface area contributed by atoms with E-state index in [0.29, 0.717) is 11.8 Å². The molecule has 0 amide bonds. The molecule has 3 rings (SSSR count). The van der Waals surface area contributed by atoms with Gasteiger partial charge in [-0.25, -0.2) is 0 Å². The summed E-state index contributed by atoms with van der Waals surface area (Å²) in [6.07, 6.45) is 7.61. The predicted octanol–water partition coefficient (Wildman–Crippen LogP) is 3.50. The largest absolute Gasteiger partial charge is 0.505 e. The zero-order valence-electron chi connectivity index (χ0n) is 18.7. The zero-order chi connectivity index (χ0) is 23.2. The number of hydrogen-bond acceptors (Lipinski definition) is 6. The Bertz CT molecular complexity index is 992. The molecule has 172 valence electrons.